The monoisotopic (exact) mass is 227 g/mol. The van der Waals surface area contributed by atoms with Gasteiger partial charge in [-0.05, 0) is 6.42 Å². The van der Waals surface area contributed by atoms with Crippen LogP contribution < -0.4 is 5.32 Å². The molecule has 1 atom stereocenters. The Kier molecular flexibility index (Phi) is 5.90. The molecular formula is C12H21NO3. The highest BCUT2D eigenvalue weighted by atomic mass is 16.5. The van der Waals surface area contributed by atoms with Crippen molar-refractivity contribution >= 4 is 11.9 Å². The summed E-state index contributed by atoms with van der Waals surface area (Å²) in [5.74, 6) is -0.320. The number of amides is 1. The third-order valence-corrected chi connectivity index (χ3v) is 2.78. The van der Waals surface area contributed by atoms with Crippen LogP contribution in [0.15, 0.2) is 0 Å². The van der Waals surface area contributed by atoms with Crippen LogP contribution in [0.3, 0.4) is 0 Å². The first-order valence-electron chi connectivity index (χ1n) is 6.20. The molecule has 0 aromatic heterocycles. The maximum absolute atomic E-state index is 11.5. The number of rotatable bonds is 7. The maximum Gasteiger partial charge on any atom is 0.328 e. The minimum absolute atomic E-state index is 0.0275. The molecular weight excluding hydrogens is 206 g/mol. The molecule has 1 fully saturated rings. The Bertz CT molecular complexity index is 240. The van der Waals surface area contributed by atoms with E-state index in [9.17, 15) is 9.59 Å². The van der Waals surface area contributed by atoms with Crippen molar-refractivity contribution in [3.63, 3.8) is 0 Å². The molecule has 4 heteroatoms. The van der Waals surface area contributed by atoms with Crippen molar-refractivity contribution in [3.8, 4) is 0 Å². The summed E-state index contributed by atoms with van der Waals surface area (Å²) >= 11 is 0. The third kappa shape index (κ3) is 4.64. The van der Waals surface area contributed by atoms with Gasteiger partial charge < -0.3 is 10.1 Å². The van der Waals surface area contributed by atoms with Crippen LogP contribution in [0.2, 0.25) is 0 Å². The number of ether oxygens (including phenoxy) is 1. The van der Waals surface area contributed by atoms with Crippen molar-refractivity contribution < 1.29 is 14.3 Å². The predicted molar refractivity (Wildman–Crippen MR) is 60.9 cm³/mol. The van der Waals surface area contributed by atoms with E-state index in [1.54, 1.807) is 0 Å². The second-order valence-corrected chi connectivity index (χ2v) is 4.24. The molecule has 0 saturated carbocycles. The van der Waals surface area contributed by atoms with Gasteiger partial charge in [-0.15, -0.1) is 0 Å². The summed E-state index contributed by atoms with van der Waals surface area (Å²) in [5.41, 5.74) is 0. The predicted octanol–water partition coefficient (Wildman–Crippen LogP) is 1.78. The summed E-state index contributed by atoms with van der Waals surface area (Å²) in [5, 5.41) is 2.71. The Morgan fingerprint density at radius 3 is 2.75 bits per heavy atom. The number of carbonyl (C=O) groups is 2. The fourth-order valence-corrected chi connectivity index (χ4v) is 1.78. The van der Waals surface area contributed by atoms with E-state index < -0.39 is 6.04 Å². The summed E-state index contributed by atoms with van der Waals surface area (Å²) in [6.45, 7) is 2.60. The van der Waals surface area contributed by atoms with E-state index in [0.29, 0.717) is 19.4 Å². The molecule has 0 radical (unpaired) electrons. The highest BCUT2D eigenvalue weighted by Crippen LogP contribution is 2.08. The van der Waals surface area contributed by atoms with Gasteiger partial charge in [0.25, 0.3) is 0 Å². The van der Waals surface area contributed by atoms with Crippen LogP contribution >= 0.6 is 0 Å². The third-order valence-electron chi connectivity index (χ3n) is 2.78. The molecule has 1 heterocycles. The minimum atomic E-state index is -0.400. The molecule has 1 rings (SSSR count). The Hall–Kier alpha value is -1.06. The van der Waals surface area contributed by atoms with Crippen molar-refractivity contribution in [1.82, 2.24) is 5.32 Å². The van der Waals surface area contributed by atoms with E-state index >= 15 is 0 Å². The molecule has 1 N–H and O–H groups in total. The lowest BCUT2D eigenvalue weighted by Crippen LogP contribution is -2.37. The van der Waals surface area contributed by atoms with Gasteiger partial charge in [-0.3, -0.25) is 4.79 Å². The molecule has 1 aliphatic rings. The highest BCUT2D eigenvalue weighted by molar-refractivity contribution is 5.85. The fourth-order valence-electron chi connectivity index (χ4n) is 1.78. The van der Waals surface area contributed by atoms with E-state index in [2.05, 4.69) is 12.2 Å². The van der Waals surface area contributed by atoms with Gasteiger partial charge in [0.2, 0.25) is 5.91 Å². The van der Waals surface area contributed by atoms with Gasteiger partial charge in [0, 0.05) is 12.8 Å². The lowest BCUT2D eigenvalue weighted by atomic mass is 10.1. The second kappa shape index (κ2) is 7.25. The SMILES string of the molecule is CCCCCCCC(=O)N[C@H]1CCOC1=O. The fraction of sp³-hybridized carbons (Fsp3) is 0.833. The highest BCUT2D eigenvalue weighted by Gasteiger charge is 2.27. The number of hydrogen-bond donors (Lipinski definition) is 1. The van der Waals surface area contributed by atoms with E-state index in [1.165, 1.54) is 19.3 Å². The Morgan fingerprint density at radius 2 is 2.12 bits per heavy atom. The normalized spacial score (nSPS) is 19.6. The zero-order valence-corrected chi connectivity index (χ0v) is 9.96. The van der Waals surface area contributed by atoms with E-state index in [0.717, 1.165) is 12.8 Å². The van der Waals surface area contributed by atoms with Crippen LogP contribution in [-0.2, 0) is 14.3 Å². The largest absolute Gasteiger partial charge is 0.464 e. The molecule has 0 aromatic carbocycles. The first kappa shape index (κ1) is 13.0. The molecule has 1 saturated heterocycles. The lowest BCUT2D eigenvalue weighted by molar-refractivity contribution is -0.141. The molecule has 4 nitrogen and oxygen atoms in total. The summed E-state index contributed by atoms with van der Waals surface area (Å²) in [6, 6.07) is -0.400. The Morgan fingerprint density at radius 1 is 1.38 bits per heavy atom. The van der Waals surface area contributed by atoms with E-state index in [1.807, 2.05) is 0 Å². The number of esters is 1. The quantitative estimate of drug-likeness (QED) is 0.533. The van der Waals surface area contributed by atoms with Crippen molar-refractivity contribution in [1.29, 1.82) is 0 Å². The van der Waals surface area contributed by atoms with Gasteiger partial charge in [0.15, 0.2) is 0 Å². The summed E-state index contributed by atoms with van der Waals surface area (Å²) < 4.78 is 4.77. The van der Waals surface area contributed by atoms with Crippen molar-refractivity contribution in [3.05, 3.63) is 0 Å². The molecule has 0 bridgehead atoms. The molecule has 0 unspecified atom stereocenters. The van der Waals surface area contributed by atoms with Gasteiger partial charge in [0.1, 0.15) is 6.04 Å². The number of carbonyl (C=O) groups excluding carboxylic acids is 2. The molecule has 0 spiro atoms. The van der Waals surface area contributed by atoms with E-state index in [-0.39, 0.29) is 11.9 Å². The maximum atomic E-state index is 11.5. The van der Waals surface area contributed by atoms with Gasteiger partial charge in [0.05, 0.1) is 6.61 Å². The van der Waals surface area contributed by atoms with Gasteiger partial charge in [-0.2, -0.15) is 0 Å². The van der Waals surface area contributed by atoms with Crippen molar-refractivity contribution in [2.45, 2.75) is 57.9 Å². The lowest BCUT2D eigenvalue weighted by Gasteiger charge is -2.08. The van der Waals surface area contributed by atoms with Gasteiger partial charge in [-0.1, -0.05) is 32.6 Å². The standard InChI is InChI=1S/C12H21NO3/c1-2-3-4-5-6-7-11(14)13-10-8-9-16-12(10)15/h10H,2-9H2,1H3,(H,13,14)/t10-/m0/s1. The van der Waals surface area contributed by atoms with Crippen LogP contribution in [0.4, 0.5) is 0 Å². The number of cyclic esters (lactones) is 1. The smallest absolute Gasteiger partial charge is 0.328 e. The van der Waals surface area contributed by atoms with E-state index in [4.69, 9.17) is 4.74 Å². The van der Waals surface area contributed by atoms with Crippen LogP contribution in [0.1, 0.15) is 51.9 Å². The van der Waals surface area contributed by atoms with Crippen LogP contribution in [0, 0.1) is 0 Å². The molecule has 16 heavy (non-hydrogen) atoms. The number of nitrogens with one attached hydrogen (secondary N) is 1. The zero-order chi connectivity index (χ0) is 11.8. The second-order valence-electron chi connectivity index (χ2n) is 4.24. The van der Waals surface area contributed by atoms with Gasteiger partial charge in [-0.25, -0.2) is 4.79 Å². The average Bonchev–Trinajstić information content (AvgIpc) is 2.64. The van der Waals surface area contributed by atoms with Crippen LogP contribution in [0.25, 0.3) is 0 Å². The Labute approximate surface area is 96.7 Å². The summed E-state index contributed by atoms with van der Waals surface area (Å²) in [4.78, 5) is 22.5. The molecule has 0 aliphatic carbocycles. The topological polar surface area (TPSA) is 55.4 Å². The number of hydrogen-bond acceptors (Lipinski definition) is 3. The molecule has 1 aliphatic heterocycles. The first-order chi connectivity index (χ1) is 7.74. The molecule has 1 amide bonds. The summed E-state index contributed by atoms with van der Waals surface area (Å²) in [7, 11) is 0. The first-order valence-corrected chi connectivity index (χ1v) is 6.20. The zero-order valence-electron chi connectivity index (χ0n) is 9.96. The average molecular weight is 227 g/mol. The molecule has 92 valence electrons. The van der Waals surface area contributed by atoms with Crippen molar-refractivity contribution in [2.75, 3.05) is 6.61 Å². The summed E-state index contributed by atoms with van der Waals surface area (Å²) in [6.07, 6.45) is 6.77. The Balaban J connectivity index is 2.04. The van der Waals surface area contributed by atoms with Crippen LogP contribution in [0.5, 0.6) is 0 Å². The minimum Gasteiger partial charge on any atom is -0.464 e. The van der Waals surface area contributed by atoms with Crippen LogP contribution in [-0.4, -0.2) is 24.5 Å². The van der Waals surface area contributed by atoms with Gasteiger partial charge >= 0.3 is 5.97 Å². The molecule has 0 aromatic rings. The van der Waals surface area contributed by atoms with Crippen molar-refractivity contribution in [2.24, 2.45) is 0 Å². The number of unbranched alkanes of at least 4 members (excludes halogenated alkanes) is 4.